The van der Waals surface area contributed by atoms with E-state index in [4.69, 9.17) is 0 Å². The molecule has 0 atom stereocenters. The Morgan fingerprint density at radius 2 is 0.600 bits per heavy atom. The summed E-state index contributed by atoms with van der Waals surface area (Å²) in [5.74, 6) is 0. The maximum Gasteiger partial charge on any atom is -0.00368 e. The van der Waals surface area contributed by atoms with Gasteiger partial charge in [-0.1, -0.05) is 0 Å². The summed E-state index contributed by atoms with van der Waals surface area (Å²) >= 11 is 0. The molecular formula is C9H24Br3N3. The van der Waals surface area contributed by atoms with E-state index in [-0.39, 0.29) is 50.9 Å². The first-order chi connectivity index (χ1) is 6.00. The topological polar surface area (TPSA) is 36.1 Å². The number of rotatable bonds is 0. The Hall–Kier alpha value is 1.32. The lowest BCUT2D eigenvalue weighted by Gasteiger charge is -2.09. The summed E-state index contributed by atoms with van der Waals surface area (Å²) in [5.41, 5.74) is 0. The Morgan fingerprint density at radius 3 is 0.800 bits per heavy atom. The van der Waals surface area contributed by atoms with Gasteiger partial charge < -0.3 is 16.0 Å². The molecule has 1 aliphatic rings. The predicted octanol–water partition coefficient (Wildman–Crippen LogP) is 1.67. The van der Waals surface area contributed by atoms with Gasteiger partial charge in [-0.3, -0.25) is 0 Å². The lowest BCUT2D eigenvalue weighted by molar-refractivity contribution is 0.527. The van der Waals surface area contributed by atoms with E-state index in [1.807, 2.05) is 0 Å². The van der Waals surface area contributed by atoms with E-state index >= 15 is 0 Å². The predicted molar refractivity (Wildman–Crippen MR) is 83.4 cm³/mol. The van der Waals surface area contributed by atoms with Crippen LogP contribution in [0.15, 0.2) is 0 Å². The average Bonchev–Trinajstić information content (AvgIpc) is 2.05. The normalized spacial score (nSPS) is 19.2. The van der Waals surface area contributed by atoms with Crippen molar-refractivity contribution in [2.24, 2.45) is 0 Å². The standard InChI is InChI=1S/C9H21N3.3BrH/c1-4-10-6-2-8-12-9-3-7-11-5-1;;;/h10-12H,1-9H2;3*1H. The summed E-state index contributed by atoms with van der Waals surface area (Å²) in [6, 6.07) is 0. The molecule has 1 heterocycles. The summed E-state index contributed by atoms with van der Waals surface area (Å²) in [6.45, 7) is 6.96. The minimum atomic E-state index is 0. The van der Waals surface area contributed by atoms with Gasteiger partial charge in [0.15, 0.2) is 0 Å². The van der Waals surface area contributed by atoms with Crippen LogP contribution in [0.2, 0.25) is 0 Å². The van der Waals surface area contributed by atoms with Crippen molar-refractivity contribution < 1.29 is 0 Å². The molecule has 1 rings (SSSR count). The first-order valence-electron chi connectivity index (χ1n) is 5.12. The van der Waals surface area contributed by atoms with Gasteiger partial charge in [0, 0.05) is 0 Å². The highest BCUT2D eigenvalue weighted by atomic mass is 79.9. The Kier molecular flexibility index (Phi) is 25.5. The lowest BCUT2D eigenvalue weighted by atomic mass is 10.3. The maximum atomic E-state index is 3.42. The monoisotopic (exact) mass is 411 g/mol. The third kappa shape index (κ3) is 15.3. The van der Waals surface area contributed by atoms with E-state index in [0.717, 1.165) is 39.3 Å². The highest BCUT2D eigenvalue weighted by Crippen LogP contribution is 1.81. The van der Waals surface area contributed by atoms with E-state index < -0.39 is 0 Å². The molecule has 1 saturated heterocycles. The van der Waals surface area contributed by atoms with Gasteiger partial charge in [-0.15, -0.1) is 50.9 Å². The van der Waals surface area contributed by atoms with Crippen molar-refractivity contribution in [3.63, 3.8) is 0 Å². The first kappa shape index (κ1) is 21.6. The molecule has 96 valence electrons. The molecule has 0 unspecified atom stereocenters. The van der Waals surface area contributed by atoms with Gasteiger partial charge in [0.05, 0.1) is 0 Å². The van der Waals surface area contributed by atoms with Crippen molar-refractivity contribution in [1.82, 2.24) is 16.0 Å². The van der Waals surface area contributed by atoms with Crippen molar-refractivity contribution in [2.45, 2.75) is 19.3 Å². The fourth-order valence-corrected chi connectivity index (χ4v) is 1.39. The molecule has 6 heteroatoms. The fourth-order valence-electron chi connectivity index (χ4n) is 1.39. The van der Waals surface area contributed by atoms with Crippen LogP contribution in [0.4, 0.5) is 0 Å². The zero-order valence-corrected chi connectivity index (χ0v) is 14.2. The van der Waals surface area contributed by atoms with Crippen molar-refractivity contribution >= 4 is 50.9 Å². The van der Waals surface area contributed by atoms with Crippen LogP contribution in [0.25, 0.3) is 0 Å². The molecule has 15 heavy (non-hydrogen) atoms. The number of nitrogens with one attached hydrogen (secondary N) is 3. The molecule has 0 bridgehead atoms. The van der Waals surface area contributed by atoms with Gasteiger partial charge in [0.2, 0.25) is 0 Å². The molecule has 3 nitrogen and oxygen atoms in total. The molecule has 0 spiro atoms. The summed E-state index contributed by atoms with van der Waals surface area (Å²) in [7, 11) is 0. The molecule has 3 N–H and O–H groups in total. The summed E-state index contributed by atoms with van der Waals surface area (Å²) in [6.07, 6.45) is 3.77. The van der Waals surface area contributed by atoms with Crippen molar-refractivity contribution in [1.29, 1.82) is 0 Å². The quantitative estimate of drug-likeness (QED) is 0.565. The molecule has 1 fully saturated rings. The zero-order chi connectivity index (χ0) is 8.49. The van der Waals surface area contributed by atoms with E-state index in [1.165, 1.54) is 19.3 Å². The number of hydrogen-bond acceptors (Lipinski definition) is 3. The molecular weight excluding hydrogens is 390 g/mol. The molecule has 0 radical (unpaired) electrons. The average molecular weight is 414 g/mol. The van der Waals surface area contributed by atoms with Gasteiger partial charge in [0.25, 0.3) is 0 Å². The van der Waals surface area contributed by atoms with Crippen LogP contribution in [-0.2, 0) is 0 Å². The minimum Gasteiger partial charge on any atom is -0.317 e. The maximum absolute atomic E-state index is 3.42. The van der Waals surface area contributed by atoms with Crippen molar-refractivity contribution in [3.8, 4) is 0 Å². The van der Waals surface area contributed by atoms with Gasteiger partial charge >= 0.3 is 0 Å². The number of halogens is 3. The second-order valence-corrected chi connectivity index (χ2v) is 3.31. The van der Waals surface area contributed by atoms with E-state index in [9.17, 15) is 0 Å². The van der Waals surface area contributed by atoms with Crippen molar-refractivity contribution in [2.75, 3.05) is 39.3 Å². The second kappa shape index (κ2) is 17.7. The summed E-state index contributed by atoms with van der Waals surface area (Å²) < 4.78 is 0. The van der Waals surface area contributed by atoms with Gasteiger partial charge in [0.1, 0.15) is 0 Å². The molecule has 0 aromatic rings. The molecule has 0 aromatic carbocycles. The smallest absolute Gasteiger partial charge is 0.00368 e. The molecule has 0 saturated carbocycles. The third-order valence-electron chi connectivity index (χ3n) is 2.12. The van der Waals surface area contributed by atoms with Gasteiger partial charge in [-0.2, -0.15) is 0 Å². The van der Waals surface area contributed by atoms with Crippen LogP contribution in [0.1, 0.15) is 19.3 Å². The second-order valence-electron chi connectivity index (χ2n) is 3.31. The van der Waals surface area contributed by atoms with Crippen LogP contribution >= 0.6 is 50.9 Å². The largest absolute Gasteiger partial charge is 0.317 e. The van der Waals surface area contributed by atoms with Crippen molar-refractivity contribution in [3.05, 3.63) is 0 Å². The SMILES string of the molecule is Br.Br.Br.C1CNCCCNCCCNC1. The van der Waals surface area contributed by atoms with Gasteiger partial charge in [-0.05, 0) is 58.5 Å². The molecule has 0 aromatic heterocycles. The Labute approximate surface area is 125 Å². The number of hydrogen-bond donors (Lipinski definition) is 3. The molecule has 1 aliphatic heterocycles. The Bertz CT molecular complexity index is 63.6. The zero-order valence-electron chi connectivity index (χ0n) is 9.09. The van der Waals surface area contributed by atoms with Crippen LogP contribution in [0.5, 0.6) is 0 Å². The highest BCUT2D eigenvalue weighted by Gasteiger charge is 1.93. The van der Waals surface area contributed by atoms with Crippen LogP contribution in [-0.4, -0.2) is 39.3 Å². The highest BCUT2D eigenvalue weighted by molar-refractivity contribution is 8.93. The van der Waals surface area contributed by atoms with Crippen LogP contribution in [0, 0.1) is 0 Å². The minimum absolute atomic E-state index is 0. The third-order valence-corrected chi connectivity index (χ3v) is 2.12. The van der Waals surface area contributed by atoms with E-state index in [0.29, 0.717) is 0 Å². The van der Waals surface area contributed by atoms with Gasteiger partial charge in [-0.25, -0.2) is 0 Å². The molecule has 0 amide bonds. The first-order valence-corrected chi connectivity index (χ1v) is 5.12. The lowest BCUT2D eigenvalue weighted by Crippen LogP contribution is -2.29. The van der Waals surface area contributed by atoms with Crippen LogP contribution in [0.3, 0.4) is 0 Å². The van der Waals surface area contributed by atoms with E-state index in [1.54, 1.807) is 0 Å². The van der Waals surface area contributed by atoms with Crippen LogP contribution < -0.4 is 16.0 Å². The summed E-state index contributed by atoms with van der Waals surface area (Å²) in [5, 5.41) is 10.3. The molecule has 0 aliphatic carbocycles. The fraction of sp³-hybridized carbons (Fsp3) is 1.00. The Balaban J connectivity index is -0.000000480. The Morgan fingerprint density at radius 1 is 0.400 bits per heavy atom. The summed E-state index contributed by atoms with van der Waals surface area (Å²) in [4.78, 5) is 0. The van der Waals surface area contributed by atoms with E-state index in [2.05, 4.69) is 16.0 Å².